The number of hydrogen-bond donors (Lipinski definition) is 1. The van der Waals surface area contributed by atoms with Crippen molar-refractivity contribution in [3.8, 4) is 0 Å². The summed E-state index contributed by atoms with van der Waals surface area (Å²) in [5.41, 5.74) is 1.05. The van der Waals surface area contributed by atoms with Crippen LogP contribution in [0, 0.1) is 0 Å². The van der Waals surface area contributed by atoms with E-state index in [9.17, 15) is 9.59 Å². The number of aromatic amines is 1. The highest BCUT2D eigenvalue weighted by atomic mass is 32.2. The van der Waals surface area contributed by atoms with Gasteiger partial charge in [-0.1, -0.05) is 18.2 Å². The molecule has 1 aromatic heterocycles. The second kappa shape index (κ2) is 8.88. The van der Waals surface area contributed by atoms with Crippen LogP contribution < -0.4 is 0 Å². The summed E-state index contributed by atoms with van der Waals surface area (Å²) >= 11 is 3.21. The van der Waals surface area contributed by atoms with Gasteiger partial charge in [0.1, 0.15) is 0 Å². The predicted octanol–water partition coefficient (Wildman–Crippen LogP) is 3.48. The van der Waals surface area contributed by atoms with Crippen LogP contribution in [0.15, 0.2) is 34.2 Å². The number of benzene rings is 1. The van der Waals surface area contributed by atoms with Gasteiger partial charge in [-0.25, -0.2) is 0 Å². The van der Waals surface area contributed by atoms with E-state index >= 15 is 0 Å². The van der Waals surface area contributed by atoms with Crippen molar-refractivity contribution in [1.29, 1.82) is 0 Å². The van der Waals surface area contributed by atoms with E-state index in [1.807, 2.05) is 18.2 Å². The number of aromatic nitrogens is 1. The highest BCUT2D eigenvalue weighted by molar-refractivity contribution is 8.02. The van der Waals surface area contributed by atoms with Crippen molar-refractivity contribution in [2.75, 3.05) is 25.7 Å². The van der Waals surface area contributed by atoms with Gasteiger partial charge in [-0.2, -0.15) is 0 Å². The average molecular weight is 353 g/mol. The Morgan fingerprint density at radius 3 is 2.26 bits per heavy atom. The van der Waals surface area contributed by atoms with Crippen LogP contribution in [0.1, 0.15) is 12.8 Å². The maximum atomic E-state index is 11.3. The van der Waals surface area contributed by atoms with Crippen molar-refractivity contribution in [2.45, 2.75) is 22.8 Å². The molecule has 1 heterocycles. The molecular formula is C16H19NO4S2. The number of H-pyrrole nitrogens is 1. The Hall–Kier alpha value is -1.60. The predicted molar refractivity (Wildman–Crippen MR) is 93.0 cm³/mol. The van der Waals surface area contributed by atoms with E-state index in [1.165, 1.54) is 14.2 Å². The second-order valence-corrected chi connectivity index (χ2v) is 6.89. The van der Waals surface area contributed by atoms with Crippen molar-refractivity contribution in [2.24, 2.45) is 0 Å². The number of methoxy groups -OCH3 is 2. The molecule has 0 aliphatic heterocycles. The maximum Gasteiger partial charge on any atom is 0.306 e. The number of para-hydroxylation sites is 1. The molecule has 0 spiro atoms. The molecule has 124 valence electrons. The fourth-order valence-corrected chi connectivity index (χ4v) is 4.25. The zero-order valence-corrected chi connectivity index (χ0v) is 14.7. The van der Waals surface area contributed by atoms with E-state index in [1.54, 1.807) is 23.5 Å². The normalized spacial score (nSPS) is 10.7. The molecule has 0 amide bonds. The Bertz CT molecular complexity index is 684. The summed E-state index contributed by atoms with van der Waals surface area (Å²) in [5, 5.41) is 2.15. The van der Waals surface area contributed by atoms with Crippen molar-refractivity contribution >= 4 is 46.4 Å². The first-order chi connectivity index (χ1) is 11.2. The van der Waals surface area contributed by atoms with Crippen LogP contribution in [0.4, 0.5) is 0 Å². The van der Waals surface area contributed by atoms with Gasteiger partial charge in [0, 0.05) is 27.3 Å². The molecule has 23 heavy (non-hydrogen) atoms. The smallest absolute Gasteiger partial charge is 0.306 e. The van der Waals surface area contributed by atoms with Crippen molar-refractivity contribution in [3.63, 3.8) is 0 Å². The third-order valence-corrected chi connectivity index (χ3v) is 5.44. The Kier molecular flexibility index (Phi) is 6.85. The lowest BCUT2D eigenvalue weighted by molar-refractivity contribution is -0.141. The quantitative estimate of drug-likeness (QED) is 0.579. The van der Waals surface area contributed by atoms with Gasteiger partial charge in [0.25, 0.3) is 0 Å². The zero-order valence-electron chi connectivity index (χ0n) is 13.1. The van der Waals surface area contributed by atoms with E-state index < -0.39 is 0 Å². The van der Waals surface area contributed by atoms with Gasteiger partial charge < -0.3 is 14.5 Å². The number of carbonyl (C=O) groups is 2. The van der Waals surface area contributed by atoms with Gasteiger partial charge in [0.15, 0.2) is 0 Å². The minimum absolute atomic E-state index is 0.211. The zero-order chi connectivity index (χ0) is 16.7. The summed E-state index contributed by atoms with van der Waals surface area (Å²) in [7, 11) is 2.79. The highest BCUT2D eigenvalue weighted by Gasteiger charge is 2.14. The van der Waals surface area contributed by atoms with Gasteiger partial charge in [-0.3, -0.25) is 9.59 Å². The standard InChI is InChI=1S/C16H19NO4S2/c1-20-13(18)7-9-22-15-11-5-3-4-6-12(11)17-16(15)23-10-8-14(19)21-2/h3-6,17H,7-10H2,1-2H3. The molecule has 0 unspecified atom stereocenters. The Balaban J connectivity index is 2.09. The molecule has 7 heteroatoms. The van der Waals surface area contributed by atoms with E-state index in [0.717, 1.165) is 20.8 Å². The first-order valence-electron chi connectivity index (χ1n) is 7.15. The van der Waals surface area contributed by atoms with E-state index in [-0.39, 0.29) is 11.9 Å². The van der Waals surface area contributed by atoms with Crippen LogP contribution in [-0.2, 0) is 19.1 Å². The Morgan fingerprint density at radius 2 is 1.61 bits per heavy atom. The van der Waals surface area contributed by atoms with Crippen LogP contribution in [0.2, 0.25) is 0 Å². The monoisotopic (exact) mass is 353 g/mol. The summed E-state index contributed by atoms with van der Waals surface area (Å²) in [4.78, 5) is 27.0. The van der Waals surface area contributed by atoms with Crippen LogP contribution in [0.25, 0.3) is 10.9 Å². The minimum atomic E-state index is -0.214. The summed E-state index contributed by atoms with van der Waals surface area (Å²) in [6, 6.07) is 8.04. The first-order valence-corrected chi connectivity index (χ1v) is 9.12. The SMILES string of the molecule is COC(=O)CCSc1[nH]c2ccccc2c1SCCC(=O)OC. The second-order valence-electron chi connectivity index (χ2n) is 4.68. The number of hydrogen-bond acceptors (Lipinski definition) is 6. The molecule has 0 bridgehead atoms. The molecule has 0 atom stereocenters. The van der Waals surface area contributed by atoms with E-state index in [4.69, 9.17) is 0 Å². The number of rotatable bonds is 8. The molecule has 2 aromatic rings. The molecular weight excluding hydrogens is 334 g/mol. The summed E-state index contributed by atoms with van der Waals surface area (Å²) in [5.74, 6) is 0.870. The molecule has 0 fully saturated rings. The van der Waals surface area contributed by atoms with E-state index in [2.05, 4.69) is 20.5 Å². The molecule has 1 N–H and O–H groups in total. The Morgan fingerprint density at radius 1 is 1.00 bits per heavy atom. The highest BCUT2D eigenvalue weighted by Crippen LogP contribution is 2.37. The van der Waals surface area contributed by atoms with Crippen molar-refractivity contribution in [1.82, 2.24) is 4.98 Å². The van der Waals surface area contributed by atoms with Crippen molar-refractivity contribution < 1.29 is 19.1 Å². The molecule has 5 nitrogen and oxygen atoms in total. The number of ether oxygens (including phenoxy) is 2. The lowest BCUT2D eigenvalue weighted by Gasteiger charge is -2.04. The summed E-state index contributed by atoms with van der Waals surface area (Å²) in [6.07, 6.45) is 0.732. The molecule has 2 rings (SSSR count). The summed E-state index contributed by atoms with van der Waals surface area (Å²) < 4.78 is 9.34. The van der Waals surface area contributed by atoms with Gasteiger partial charge in [0.2, 0.25) is 0 Å². The molecule has 0 aliphatic rings. The Labute approximate surface area is 143 Å². The largest absolute Gasteiger partial charge is 0.469 e. The number of thioether (sulfide) groups is 2. The minimum Gasteiger partial charge on any atom is -0.469 e. The third kappa shape index (κ3) is 4.94. The van der Waals surface area contributed by atoms with Crippen molar-refractivity contribution in [3.05, 3.63) is 24.3 Å². The number of nitrogens with one attached hydrogen (secondary N) is 1. The third-order valence-electron chi connectivity index (χ3n) is 3.19. The molecule has 0 radical (unpaired) electrons. The maximum absolute atomic E-state index is 11.3. The average Bonchev–Trinajstić information content (AvgIpc) is 2.92. The lowest BCUT2D eigenvalue weighted by Crippen LogP contribution is -2.01. The van der Waals surface area contributed by atoms with Gasteiger partial charge in [-0.15, -0.1) is 23.5 Å². The van der Waals surface area contributed by atoms with Gasteiger partial charge in [0.05, 0.1) is 32.1 Å². The molecule has 0 saturated heterocycles. The van der Waals surface area contributed by atoms with E-state index in [0.29, 0.717) is 24.3 Å². The first kappa shape index (κ1) is 17.7. The number of esters is 2. The molecule has 1 aromatic carbocycles. The number of carbonyl (C=O) groups excluding carboxylic acids is 2. The number of fused-ring (bicyclic) bond motifs is 1. The summed E-state index contributed by atoms with van der Waals surface area (Å²) in [6.45, 7) is 0. The fraction of sp³-hybridized carbons (Fsp3) is 0.375. The van der Waals surface area contributed by atoms with Crippen LogP contribution in [0.5, 0.6) is 0 Å². The topological polar surface area (TPSA) is 68.4 Å². The van der Waals surface area contributed by atoms with Gasteiger partial charge >= 0.3 is 11.9 Å². The lowest BCUT2D eigenvalue weighted by atomic mass is 10.2. The van der Waals surface area contributed by atoms with Gasteiger partial charge in [-0.05, 0) is 6.07 Å². The molecule has 0 saturated carbocycles. The van der Waals surface area contributed by atoms with Crippen LogP contribution in [0.3, 0.4) is 0 Å². The fourth-order valence-electron chi connectivity index (χ4n) is 2.01. The van der Waals surface area contributed by atoms with Crippen LogP contribution >= 0.6 is 23.5 Å². The van der Waals surface area contributed by atoms with Crippen LogP contribution in [-0.4, -0.2) is 42.6 Å². The molecule has 0 aliphatic carbocycles.